The zero-order valence-electron chi connectivity index (χ0n) is 21.0. The fourth-order valence-electron chi connectivity index (χ4n) is 4.52. The summed E-state index contributed by atoms with van der Waals surface area (Å²) >= 11 is 2.81. The monoisotopic (exact) mass is 530 g/mol. The lowest BCUT2D eigenvalue weighted by atomic mass is 10.2. The molecular formula is C29H30N4O2S2. The maximum Gasteiger partial charge on any atom is 0.267 e. The zero-order chi connectivity index (χ0) is 25.8. The molecule has 3 heterocycles. The van der Waals surface area contributed by atoms with Gasteiger partial charge in [0.1, 0.15) is 4.83 Å². The van der Waals surface area contributed by atoms with Crippen molar-refractivity contribution in [3.8, 4) is 5.69 Å². The normalized spacial score (nSPS) is 15.5. The smallest absolute Gasteiger partial charge is 0.267 e. The van der Waals surface area contributed by atoms with Crippen LogP contribution in [-0.2, 0) is 4.79 Å². The Morgan fingerprint density at radius 2 is 1.78 bits per heavy atom. The summed E-state index contributed by atoms with van der Waals surface area (Å²) in [5, 5.41) is 2.69. The summed E-state index contributed by atoms with van der Waals surface area (Å²) in [6.45, 7) is 7.85. The van der Waals surface area contributed by atoms with Crippen LogP contribution in [0.2, 0.25) is 0 Å². The van der Waals surface area contributed by atoms with Crippen LogP contribution >= 0.6 is 23.1 Å². The molecule has 37 heavy (non-hydrogen) atoms. The molecule has 6 nitrogen and oxygen atoms in total. The topological polar surface area (TPSA) is 58.4 Å². The van der Waals surface area contributed by atoms with Crippen molar-refractivity contribution in [2.75, 3.05) is 32.7 Å². The Bertz CT molecular complexity index is 1470. The Morgan fingerprint density at radius 1 is 1.05 bits per heavy atom. The van der Waals surface area contributed by atoms with Crippen LogP contribution in [0.1, 0.15) is 18.1 Å². The highest BCUT2D eigenvalue weighted by molar-refractivity contribution is 8.00. The number of hydrogen-bond donors (Lipinski definition) is 0. The lowest BCUT2D eigenvalue weighted by Gasteiger charge is -2.35. The van der Waals surface area contributed by atoms with Gasteiger partial charge in [-0.2, -0.15) is 0 Å². The van der Waals surface area contributed by atoms with Crippen LogP contribution in [0, 0.1) is 6.92 Å². The van der Waals surface area contributed by atoms with Gasteiger partial charge in [-0.05, 0) is 42.5 Å². The molecule has 1 aliphatic heterocycles. The maximum absolute atomic E-state index is 13.4. The number of thiophene rings is 1. The lowest BCUT2D eigenvalue weighted by Crippen LogP contribution is -2.50. The Balaban J connectivity index is 1.27. The van der Waals surface area contributed by atoms with Crippen molar-refractivity contribution < 1.29 is 4.79 Å². The molecule has 8 heteroatoms. The van der Waals surface area contributed by atoms with Crippen LogP contribution in [0.5, 0.6) is 0 Å². The Morgan fingerprint density at radius 3 is 2.54 bits per heavy atom. The number of carbonyl (C=O) groups is 1. The molecule has 0 saturated carbocycles. The van der Waals surface area contributed by atoms with Gasteiger partial charge in [-0.25, -0.2) is 4.98 Å². The van der Waals surface area contributed by atoms with Crippen LogP contribution in [0.4, 0.5) is 0 Å². The summed E-state index contributed by atoms with van der Waals surface area (Å²) in [4.78, 5) is 36.6. The molecule has 5 rings (SSSR count). The van der Waals surface area contributed by atoms with Crippen molar-refractivity contribution in [1.29, 1.82) is 0 Å². The van der Waals surface area contributed by atoms with Crippen LogP contribution in [0.25, 0.3) is 22.0 Å². The number of thioether (sulfide) groups is 1. The summed E-state index contributed by atoms with van der Waals surface area (Å²) in [7, 11) is 0. The minimum Gasteiger partial charge on any atom is -0.339 e. The molecule has 4 aromatic rings. The first kappa shape index (κ1) is 25.4. The van der Waals surface area contributed by atoms with E-state index in [1.165, 1.54) is 28.7 Å². The highest BCUT2D eigenvalue weighted by Gasteiger charge is 2.27. The van der Waals surface area contributed by atoms with Gasteiger partial charge in [-0.15, -0.1) is 11.3 Å². The number of fused-ring (bicyclic) bond motifs is 1. The van der Waals surface area contributed by atoms with Gasteiger partial charge < -0.3 is 4.90 Å². The van der Waals surface area contributed by atoms with Gasteiger partial charge in [0, 0.05) is 32.7 Å². The number of rotatable bonds is 7. The first-order chi connectivity index (χ1) is 18.0. The molecular weight excluding hydrogens is 500 g/mol. The maximum atomic E-state index is 13.4. The number of benzene rings is 2. The van der Waals surface area contributed by atoms with Crippen LogP contribution in [-0.4, -0.2) is 63.2 Å². The minimum atomic E-state index is -0.357. The number of para-hydroxylation sites is 1. The van der Waals surface area contributed by atoms with Crippen LogP contribution in [0.3, 0.4) is 0 Å². The lowest BCUT2D eigenvalue weighted by molar-refractivity contribution is -0.131. The van der Waals surface area contributed by atoms with Gasteiger partial charge >= 0.3 is 0 Å². The molecule has 0 N–H and O–H groups in total. The largest absolute Gasteiger partial charge is 0.339 e. The second kappa shape index (κ2) is 11.5. The predicted octanol–water partition coefficient (Wildman–Crippen LogP) is 5.09. The SMILES string of the molecule is Cc1ccccc1-n1c(SC(C)C(=O)N2CCN(C/C=C/c3ccccc3)CC2)nc2sccc2c1=O. The Kier molecular flexibility index (Phi) is 7.88. The van der Waals surface area contributed by atoms with E-state index in [1.807, 2.05) is 72.7 Å². The molecule has 1 saturated heterocycles. The van der Waals surface area contributed by atoms with Gasteiger partial charge in [-0.3, -0.25) is 19.1 Å². The second-order valence-electron chi connectivity index (χ2n) is 9.16. The third kappa shape index (κ3) is 5.71. The van der Waals surface area contributed by atoms with Crippen molar-refractivity contribution in [3.05, 3.63) is 93.6 Å². The molecule has 1 aliphatic rings. The van der Waals surface area contributed by atoms with Crippen molar-refractivity contribution in [3.63, 3.8) is 0 Å². The van der Waals surface area contributed by atoms with E-state index in [0.717, 1.165) is 30.9 Å². The van der Waals surface area contributed by atoms with Gasteiger partial charge in [0.25, 0.3) is 5.56 Å². The van der Waals surface area contributed by atoms with Gasteiger partial charge in [0.05, 0.1) is 16.3 Å². The molecule has 190 valence electrons. The third-order valence-electron chi connectivity index (χ3n) is 6.61. The van der Waals surface area contributed by atoms with Crippen molar-refractivity contribution >= 4 is 45.3 Å². The Labute approximate surface area is 225 Å². The van der Waals surface area contributed by atoms with Gasteiger partial charge in [0.15, 0.2) is 5.16 Å². The molecule has 1 amide bonds. The van der Waals surface area contributed by atoms with E-state index < -0.39 is 0 Å². The summed E-state index contributed by atoms with van der Waals surface area (Å²) in [6, 6.07) is 19.9. The van der Waals surface area contributed by atoms with E-state index in [9.17, 15) is 9.59 Å². The average Bonchev–Trinajstić information content (AvgIpc) is 3.39. The average molecular weight is 531 g/mol. The number of aryl methyl sites for hydroxylation is 1. The Hall–Kier alpha value is -3.20. The molecule has 0 aliphatic carbocycles. The molecule has 2 aromatic heterocycles. The van der Waals surface area contributed by atoms with Crippen LogP contribution in [0.15, 0.2) is 82.1 Å². The van der Waals surface area contributed by atoms with E-state index in [-0.39, 0.29) is 16.7 Å². The molecule has 1 fully saturated rings. The molecule has 1 atom stereocenters. The molecule has 0 spiro atoms. The van der Waals surface area contributed by atoms with Gasteiger partial charge in [0.2, 0.25) is 5.91 Å². The number of hydrogen-bond acceptors (Lipinski definition) is 6. The van der Waals surface area contributed by atoms with E-state index in [0.29, 0.717) is 28.5 Å². The highest BCUT2D eigenvalue weighted by Crippen LogP contribution is 2.28. The number of nitrogens with zero attached hydrogens (tertiary/aromatic N) is 4. The first-order valence-corrected chi connectivity index (χ1v) is 14.2. The summed E-state index contributed by atoms with van der Waals surface area (Å²) < 4.78 is 1.66. The van der Waals surface area contributed by atoms with E-state index >= 15 is 0 Å². The molecule has 2 aromatic carbocycles. The second-order valence-corrected chi connectivity index (χ2v) is 11.4. The minimum absolute atomic E-state index is 0.0846. The van der Waals surface area contributed by atoms with E-state index in [2.05, 4.69) is 29.2 Å². The van der Waals surface area contributed by atoms with Crippen molar-refractivity contribution in [1.82, 2.24) is 19.4 Å². The number of aromatic nitrogens is 2. The first-order valence-electron chi connectivity index (χ1n) is 12.5. The number of amides is 1. The molecule has 1 unspecified atom stereocenters. The molecule has 0 radical (unpaired) electrons. The summed E-state index contributed by atoms with van der Waals surface area (Å²) in [5.74, 6) is 0.0846. The van der Waals surface area contributed by atoms with Crippen LogP contribution < -0.4 is 5.56 Å². The van der Waals surface area contributed by atoms with Gasteiger partial charge in [-0.1, -0.05) is 72.4 Å². The van der Waals surface area contributed by atoms with E-state index in [4.69, 9.17) is 4.98 Å². The fraction of sp³-hybridized carbons (Fsp3) is 0.276. The zero-order valence-corrected chi connectivity index (χ0v) is 22.7. The quantitative estimate of drug-likeness (QED) is 0.246. The number of carbonyl (C=O) groups excluding carboxylic acids is 1. The third-order valence-corrected chi connectivity index (χ3v) is 8.46. The molecule has 0 bridgehead atoms. The predicted molar refractivity (Wildman–Crippen MR) is 154 cm³/mol. The van der Waals surface area contributed by atoms with Crippen molar-refractivity contribution in [2.24, 2.45) is 0 Å². The van der Waals surface area contributed by atoms with E-state index in [1.54, 1.807) is 4.57 Å². The number of piperazine rings is 1. The highest BCUT2D eigenvalue weighted by atomic mass is 32.2. The fourth-order valence-corrected chi connectivity index (χ4v) is 6.33. The standard InChI is InChI=1S/C29H30N4O2S2/c1-21-9-6-7-13-25(21)33-28(35)24-14-20-36-26(24)30-29(33)37-22(2)27(34)32-18-16-31(17-19-32)15-8-12-23-10-4-3-5-11-23/h3-14,20,22H,15-19H2,1-2H3/b12-8+. The summed E-state index contributed by atoms with van der Waals surface area (Å²) in [5.41, 5.74) is 2.88. The van der Waals surface area contributed by atoms with Crippen molar-refractivity contribution in [2.45, 2.75) is 24.3 Å². The summed E-state index contributed by atoms with van der Waals surface area (Å²) in [6.07, 6.45) is 4.32.